The molecule has 0 heterocycles. The Hall–Kier alpha value is -1.61. The van der Waals surface area contributed by atoms with Gasteiger partial charge in [-0.3, -0.25) is 4.79 Å². The van der Waals surface area contributed by atoms with E-state index in [0.717, 1.165) is 6.29 Å². The zero-order valence-corrected chi connectivity index (χ0v) is 11.0. The molecule has 0 aliphatic carbocycles. The Bertz CT molecular complexity index is 451. The SMILES string of the molecule is O=[C]C(Cc1ccccc1)(OCC(F)(F)F)OCC(F)(F)F. The molecule has 0 aliphatic heterocycles. The highest BCUT2D eigenvalue weighted by molar-refractivity contribution is 5.62. The topological polar surface area (TPSA) is 35.5 Å². The summed E-state index contributed by atoms with van der Waals surface area (Å²) in [5.74, 6) is -2.79. The summed E-state index contributed by atoms with van der Waals surface area (Å²) in [4.78, 5) is 11.0. The van der Waals surface area contributed by atoms with Gasteiger partial charge in [-0.15, -0.1) is 0 Å². The molecule has 9 heteroatoms. The van der Waals surface area contributed by atoms with E-state index in [0.29, 0.717) is 0 Å². The maximum atomic E-state index is 12.2. The molecule has 0 atom stereocenters. The smallest absolute Gasteiger partial charge is 0.333 e. The van der Waals surface area contributed by atoms with Crippen LogP contribution in [0.15, 0.2) is 30.3 Å². The number of benzene rings is 1. The lowest BCUT2D eigenvalue weighted by Crippen LogP contribution is -2.44. The summed E-state index contributed by atoms with van der Waals surface area (Å²) in [6, 6.07) is 7.39. The molecule has 0 spiro atoms. The third kappa shape index (κ3) is 6.90. The standard InChI is InChI=1S/C13H11F6O3/c14-12(15,16)8-21-11(7-20,22-9-13(17,18)19)6-10-4-2-1-3-5-10/h1-5H,6,8-9H2. The molecule has 1 aromatic carbocycles. The van der Waals surface area contributed by atoms with Gasteiger partial charge < -0.3 is 9.47 Å². The number of halogens is 6. The first kappa shape index (κ1) is 18.4. The van der Waals surface area contributed by atoms with Crippen molar-refractivity contribution in [2.45, 2.75) is 24.6 Å². The lowest BCUT2D eigenvalue weighted by Gasteiger charge is -2.28. The lowest BCUT2D eigenvalue weighted by atomic mass is 10.1. The van der Waals surface area contributed by atoms with Gasteiger partial charge in [0.25, 0.3) is 6.29 Å². The van der Waals surface area contributed by atoms with Crippen molar-refractivity contribution in [2.75, 3.05) is 13.2 Å². The van der Waals surface area contributed by atoms with Crippen LogP contribution in [0, 0.1) is 0 Å². The zero-order chi connectivity index (χ0) is 16.9. The van der Waals surface area contributed by atoms with E-state index < -0.39 is 37.8 Å². The Kier molecular flexibility index (Phi) is 5.95. The maximum Gasteiger partial charge on any atom is 0.411 e. The number of alkyl halides is 6. The van der Waals surface area contributed by atoms with Gasteiger partial charge in [0.1, 0.15) is 13.2 Å². The average Bonchev–Trinajstić information content (AvgIpc) is 2.41. The molecule has 22 heavy (non-hydrogen) atoms. The van der Waals surface area contributed by atoms with E-state index in [4.69, 9.17) is 0 Å². The van der Waals surface area contributed by atoms with Crippen LogP contribution >= 0.6 is 0 Å². The van der Waals surface area contributed by atoms with E-state index in [9.17, 15) is 31.1 Å². The van der Waals surface area contributed by atoms with E-state index in [2.05, 4.69) is 9.47 Å². The minimum absolute atomic E-state index is 0.259. The molecule has 0 amide bonds. The van der Waals surface area contributed by atoms with Gasteiger partial charge >= 0.3 is 12.4 Å². The minimum Gasteiger partial charge on any atom is -0.333 e. The molecule has 1 rings (SSSR count). The number of hydrogen-bond donors (Lipinski definition) is 0. The molecule has 123 valence electrons. The molecule has 1 aromatic rings. The van der Waals surface area contributed by atoms with Crippen LogP contribution in [0.1, 0.15) is 5.56 Å². The van der Waals surface area contributed by atoms with Gasteiger partial charge in [-0.1, -0.05) is 30.3 Å². The van der Waals surface area contributed by atoms with Crippen molar-refractivity contribution >= 4 is 6.29 Å². The number of ether oxygens (including phenoxy) is 2. The van der Waals surface area contributed by atoms with Gasteiger partial charge in [-0.05, 0) is 5.56 Å². The largest absolute Gasteiger partial charge is 0.411 e. The molecular formula is C13H11F6O3. The van der Waals surface area contributed by atoms with Gasteiger partial charge in [-0.2, -0.15) is 26.3 Å². The van der Waals surface area contributed by atoms with Gasteiger partial charge in [0.05, 0.1) is 0 Å². The third-order valence-electron chi connectivity index (χ3n) is 2.37. The fourth-order valence-corrected chi connectivity index (χ4v) is 1.50. The van der Waals surface area contributed by atoms with Crippen molar-refractivity contribution in [3.8, 4) is 0 Å². The highest BCUT2D eigenvalue weighted by Gasteiger charge is 2.42. The molecule has 1 radical (unpaired) electrons. The molecule has 0 unspecified atom stereocenters. The molecule has 0 saturated carbocycles. The van der Waals surface area contributed by atoms with Crippen molar-refractivity contribution < 1.29 is 40.6 Å². The molecule has 0 N–H and O–H groups in total. The summed E-state index contributed by atoms with van der Waals surface area (Å²) >= 11 is 0. The third-order valence-corrected chi connectivity index (χ3v) is 2.37. The molecule has 0 bridgehead atoms. The second kappa shape index (κ2) is 7.10. The molecule has 0 fully saturated rings. The fraction of sp³-hybridized carbons (Fsp3) is 0.462. The van der Waals surface area contributed by atoms with Crippen LogP contribution in [-0.2, 0) is 20.7 Å². The Balaban J connectivity index is 2.92. The summed E-state index contributed by atoms with van der Waals surface area (Å²) in [5.41, 5.74) is 0.259. The van der Waals surface area contributed by atoms with E-state index in [1.165, 1.54) is 24.3 Å². The number of hydrogen-bond acceptors (Lipinski definition) is 3. The van der Waals surface area contributed by atoms with Crippen LogP contribution in [0.25, 0.3) is 0 Å². The van der Waals surface area contributed by atoms with Crippen molar-refractivity contribution in [3.63, 3.8) is 0 Å². The highest BCUT2D eigenvalue weighted by Crippen LogP contribution is 2.26. The molecule has 0 saturated heterocycles. The Morgan fingerprint density at radius 2 is 1.32 bits per heavy atom. The van der Waals surface area contributed by atoms with E-state index in [1.54, 1.807) is 6.07 Å². The van der Waals surface area contributed by atoms with E-state index in [-0.39, 0.29) is 5.56 Å². The maximum absolute atomic E-state index is 12.2. The van der Waals surface area contributed by atoms with Crippen LogP contribution in [0.4, 0.5) is 26.3 Å². The first-order valence-electron chi connectivity index (χ1n) is 5.90. The van der Waals surface area contributed by atoms with Crippen LogP contribution in [0.3, 0.4) is 0 Å². The normalized spacial score (nSPS) is 13.2. The van der Waals surface area contributed by atoms with Crippen molar-refractivity contribution in [1.82, 2.24) is 0 Å². The lowest BCUT2D eigenvalue weighted by molar-refractivity contribution is -0.282. The fourth-order valence-electron chi connectivity index (χ4n) is 1.50. The van der Waals surface area contributed by atoms with Crippen LogP contribution in [0.2, 0.25) is 0 Å². The molecule has 0 aromatic heterocycles. The van der Waals surface area contributed by atoms with Crippen molar-refractivity contribution in [2.24, 2.45) is 0 Å². The number of rotatable bonds is 7. The van der Waals surface area contributed by atoms with Crippen LogP contribution in [-0.4, -0.2) is 37.6 Å². The highest BCUT2D eigenvalue weighted by atomic mass is 19.4. The average molecular weight is 329 g/mol. The quantitative estimate of drug-likeness (QED) is 0.569. The van der Waals surface area contributed by atoms with Gasteiger partial charge in [0, 0.05) is 6.42 Å². The van der Waals surface area contributed by atoms with Gasteiger partial charge in [-0.25, -0.2) is 0 Å². The molecular weight excluding hydrogens is 318 g/mol. The van der Waals surface area contributed by atoms with Crippen LogP contribution < -0.4 is 0 Å². The first-order valence-corrected chi connectivity index (χ1v) is 5.90. The Morgan fingerprint density at radius 3 is 1.68 bits per heavy atom. The van der Waals surface area contributed by atoms with Crippen molar-refractivity contribution in [3.05, 3.63) is 35.9 Å². The van der Waals surface area contributed by atoms with Gasteiger partial charge in [0.15, 0.2) is 0 Å². The zero-order valence-electron chi connectivity index (χ0n) is 11.0. The van der Waals surface area contributed by atoms with E-state index in [1.807, 2.05) is 0 Å². The predicted molar refractivity (Wildman–Crippen MR) is 62.6 cm³/mol. The summed E-state index contributed by atoms with van der Waals surface area (Å²) in [7, 11) is 0. The number of carbonyl (C=O) groups excluding carboxylic acids is 1. The Morgan fingerprint density at radius 1 is 0.864 bits per heavy atom. The Labute approximate surface area is 121 Å². The molecule has 3 nitrogen and oxygen atoms in total. The minimum atomic E-state index is -4.83. The first-order chi connectivity index (χ1) is 10.1. The monoisotopic (exact) mass is 329 g/mol. The predicted octanol–water partition coefficient (Wildman–Crippen LogP) is 3.19. The van der Waals surface area contributed by atoms with Crippen molar-refractivity contribution in [1.29, 1.82) is 0 Å². The second-order valence-electron chi connectivity index (χ2n) is 4.33. The van der Waals surface area contributed by atoms with E-state index >= 15 is 0 Å². The summed E-state index contributed by atoms with van der Waals surface area (Å²) in [6.07, 6.45) is -9.29. The summed E-state index contributed by atoms with van der Waals surface area (Å²) < 4.78 is 81.8. The summed E-state index contributed by atoms with van der Waals surface area (Å²) in [6.45, 7) is -3.88. The molecule has 0 aliphatic rings. The van der Waals surface area contributed by atoms with Gasteiger partial charge in [0.2, 0.25) is 5.79 Å². The second-order valence-corrected chi connectivity index (χ2v) is 4.33. The van der Waals surface area contributed by atoms with Crippen LogP contribution in [0.5, 0.6) is 0 Å². The summed E-state index contributed by atoms with van der Waals surface area (Å²) in [5, 5.41) is 0.